The van der Waals surface area contributed by atoms with Gasteiger partial charge in [-0.05, 0) is 42.3 Å². The van der Waals surface area contributed by atoms with E-state index in [1.807, 2.05) is 24.3 Å². The van der Waals surface area contributed by atoms with E-state index in [9.17, 15) is 4.79 Å². The molecule has 134 valence electrons. The third-order valence-corrected chi connectivity index (χ3v) is 4.86. The number of aryl methyl sites for hydroxylation is 1. The first-order chi connectivity index (χ1) is 12.7. The van der Waals surface area contributed by atoms with Gasteiger partial charge in [-0.15, -0.1) is 0 Å². The summed E-state index contributed by atoms with van der Waals surface area (Å²) in [6.45, 7) is 6.05. The molecule has 5 heteroatoms. The summed E-state index contributed by atoms with van der Waals surface area (Å²) in [6, 6.07) is 14.5. The second kappa shape index (κ2) is 7.22. The lowest BCUT2D eigenvalue weighted by Gasteiger charge is -2.28. The van der Waals surface area contributed by atoms with Gasteiger partial charge in [-0.25, -0.2) is 0 Å². The number of nitrogens with zero attached hydrogens (tertiary/aromatic N) is 1. The molecule has 2 aliphatic rings. The van der Waals surface area contributed by atoms with Gasteiger partial charge >= 0.3 is 0 Å². The summed E-state index contributed by atoms with van der Waals surface area (Å²) >= 11 is 0. The first kappa shape index (κ1) is 16.7. The molecule has 1 fully saturated rings. The highest BCUT2D eigenvalue weighted by Gasteiger charge is 2.20. The van der Waals surface area contributed by atoms with Gasteiger partial charge in [0.1, 0.15) is 0 Å². The standard InChI is InChI=1S/C21H23N3O2/c1-15-2-7-19-16(12-15)13-23-21(25)20(19)14-22-17-3-5-18(6-4-17)24-8-10-26-11-9-24/h2-7,12,14,22H,8-11,13H2,1H3,(H,23,25)/b20-14+. The second-order valence-corrected chi connectivity index (χ2v) is 6.69. The lowest BCUT2D eigenvalue weighted by Crippen LogP contribution is -2.36. The zero-order chi connectivity index (χ0) is 17.9. The average Bonchev–Trinajstić information content (AvgIpc) is 2.68. The largest absolute Gasteiger partial charge is 0.378 e. The minimum Gasteiger partial charge on any atom is -0.378 e. The van der Waals surface area contributed by atoms with E-state index in [1.165, 1.54) is 11.3 Å². The number of nitrogens with one attached hydrogen (secondary N) is 2. The molecule has 5 nitrogen and oxygen atoms in total. The van der Waals surface area contributed by atoms with Crippen molar-refractivity contribution in [2.24, 2.45) is 0 Å². The molecule has 4 rings (SSSR count). The fourth-order valence-electron chi connectivity index (χ4n) is 3.41. The van der Waals surface area contributed by atoms with Gasteiger partial charge in [0.05, 0.1) is 18.8 Å². The number of carbonyl (C=O) groups is 1. The lowest BCUT2D eigenvalue weighted by molar-refractivity contribution is -0.116. The zero-order valence-corrected chi connectivity index (χ0v) is 14.9. The van der Waals surface area contributed by atoms with Gasteiger partial charge in [-0.3, -0.25) is 4.79 Å². The van der Waals surface area contributed by atoms with Crippen molar-refractivity contribution in [2.75, 3.05) is 36.5 Å². The van der Waals surface area contributed by atoms with Crippen LogP contribution in [0.1, 0.15) is 16.7 Å². The summed E-state index contributed by atoms with van der Waals surface area (Å²) in [4.78, 5) is 14.6. The normalized spacial score (nSPS) is 18.4. The van der Waals surface area contributed by atoms with Crippen LogP contribution >= 0.6 is 0 Å². The highest BCUT2D eigenvalue weighted by molar-refractivity contribution is 6.21. The summed E-state index contributed by atoms with van der Waals surface area (Å²) in [5.41, 5.74) is 6.18. The van der Waals surface area contributed by atoms with Crippen LogP contribution in [0.4, 0.5) is 11.4 Å². The Morgan fingerprint density at radius 1 is 1.12 bits per heavy atom. The highest BCUT2D eigenvalue weighted by Crippen LogP contribution is 2.25. The van der Waals surface area contributed by atoms with Crippen LogP contribution in [0.15, 0.2) is 48.7 Å². The Morgan fingerprint density at radius 3 is 2.65 bits per heavy atom. The number of anilines is 2. The smallest absolute Gasteiger partial charge is 0.253 e. The predicted molar refractivity (Wildman–Crippen MR) is 104 cm³/mol. The Kier molecular flexibility index (Phi) is 4.63. The molecule has 26 heavy (non-hydrogen) atoms. The van der Waals surface area contributed by atoms with Crippen molar-refractivity contribution in [3.05, 3.63) is 65.4 Å². The minimum atomic E-state index is -0.0428. The van der Waals surface area contributed by atoms with Gasteiger partial charge in [-0.1, -0.05) is 23.8 Å². The molecule has 0 spiro atoms. The number of ether oxygens (including phenoxy) is 1. The maximum Gasteiger partial charge on any atom is 0.253 e. The van der Waals surface area contributed by atoms with Gasteiger partial charge < -0.3 is 20.3 Å². The number of hydrogen-bond donors (Lipinski definition) is 2. The topological polar surface area (TPSA) is 53.6 Å². The number of benzene rings is 2. The summed E-state index contributed by atoms with van der Waals surface area (Å²) < 4.78 is 5.40. The number of rotatable bonds is 3. The van der Waals surface area contributed by atoms with E-state index in [1.54, 1.807) is 6.20 Å². The minimum absolute atomic E-state index is 0.0428. The summed E-state index contributed by atoms with van der Waals surface area (Å²) in [5.74, 6) is -0.0428. The van der Waals surface area contributed by atoms with Crippen LogP contribution < -0.4 is 15.5 Å². The molecule has 0 bridgehead atoms. The van der Waals surface area contributed by atoms with Gasteiger partial charge in [0.15, 0.2) is 0 Å². The Balaban J connectivity index is 1.52. The lowest BCUT2D eigenvalue weighted by atomic mass is 9.94. The van der Waals surface area contributed by atoms with Crippen molar-refractivity contribution >= 4 is 22.9 Å². The van der Waals surface area contributed by atoms with E-state index < -0.39 is 0 Å². The second-order valence-electron chi connectivity index (χ2n) is 6.69. The monoisotopic (exact) mass is 349 g/mol. The van der Waals surface area contributed by atoms with Crippen LogP contribution in [0.2, 0.25) is 0 Å². The molecule has 0 aromatic heterocycles. The van der Waals surface area contributed by atoms with Crippen LogP contribution in [0.25, 0.3) is 5.57 Å². The number of morpholine rings is 1. The SMILES string of the molecule is Cc1ccc2c(c1)CNC(=O)/C2=C/Nc1ccc(N2CCOCC2)cc1. The molecular weight excluding hydrogens is 326 g/mol. The fourth-order valence-corrected chi connectivity index (χ4v) is 3.41. The van der Waals surface area contributed by atoms with E-state index in [0.717, 1.165) is 43.1 Å². The predicted octanol–water partition coefficient (Wildman–Crippen LogP) is 2.91. The quantitative estimate of drug-likeness (QED) is 0.837. The third kappa shape index (κ3) is 3.44. The van der Waals surface area contributed by atoms with E-state index in [2.05, 4.69) is 40.7 Å². The summed E-state index contributed by atoms with van der Waals surface area (Å²) in [5, 5.41) is 6.20. The van der Waals surface area contributed by atoms with Crippen molar-refractivity contribution < 1.29 is 9.53 Å². The molecule has 1 amide bonds. The maximum atomic E-state index is 12.3. The van der Waals surface area contributed by atoms with Gasteiger partial charge in [0, 0.05) is 37.2 Å². The Hall–Kier alpha value is -2.79. The highest BCUT2D eigenvalue weighted by atomic mass is 16.5. The van der Waals surface area contributed by atoms with Crippen LogP contribution in [0, 0.1) is 6.92 Å². The van der Waals surface area contributed by atoms with E-state index in [4.69, 9.17) is 4.74 Å². The van der Waals surface area contributed by atoms with Crippen LogP contribution in [-0.4, -0.2) is 32.2 Å². The fraction of sp³-hybridized carbons (Fsp3) is 0.286. The molecule has 2 N–H and O–H groups in total. The zero-order valence-electron chi connectivity index (χ0n) is 14.9. The molecule has 2 heterocycles. The molecule has 0 radical (unpaired) electrons. The van der Waals surface area contributed by atoms with E-state index >= 15 is 0 Å². The van der Waals surface area contributed by atoms with Crippen molar-refractivity contribution in [3.8, 4) is 0 Å². The van der Waals surface area contributed by atoms with Crippen LogP contribution in [0.3, 0.4) is 0 Å². The third-order valence-electron chi connectivity index (χ3n) is 4.86. The van der Waals surface area contributed by atoms with Gasteiger partial charge in [-0.2, -0.15) is 0 Å². The molecule has 0 aliphatic carbocycles. The average molecular weight is 349 g/mol. The number of hydrogen-bond acceptors (Lipinski definition) is 4. The molecule has 0 saturated carbocycles. The summed E-state index contributed by atoms with van der Waals surface area (Å²) in [6.07, 6.45) is 1.80. The number of carbonyl (C=O) groups excluding carboxylic acids is 1. The molecule has 1 saturated heterocycles. The Morgan fingerprint density at radius 2 is 1.88 bits per heavy atom. The molecule has 2 aromatic rings. The molecule has 0 atom stereocenters. The number of fused-ring (bicyclic) bond motifs is 1. The van der Waals surface area contributed by atoms with E-state index in [-0.39, 0.29) is 5.91 Å². The molecule has 2 aromatic carbocycles. The van der Waals surface area contributed by atoms with Gasteiger partial charge in [0.2, 0.25) is 0 Å². The van der Waals surface area contributed by atoms with Crippen molar-refractivity contribution in [3.63, 3.8) is 0 Å². The molecule has 2 aliphatic heterocycles. The Labute approximate surface area is 153 Å². The summed E-state index contributed by atoms with van der Waals surface area (Å²) in [7, 11) is 0. The number of amides is 1. The van der Waals surface area contributed by atoms with Crippen LogP contribution in [-0.2, 0) is 16.1 Å². The molecule has 0 unspecified atom stereocenters. The van der Waals surface area contributed by atoms with Gasteiger partial charge in [0.25, 0.3) is 5.91 Å². The molecular formula is C21H23N3O2. The first-order valence-electron chi connectivity index (χ1n) is 8.98. The maximum absolute atomic E-state index is 12.3. The van der Waals surface area contributed by atoms with E-state index in [0.29, 0.717) is 12.1 Å². The van der Waals surface area contributed by atoms with Crippen molar-refractivity contribution in [2.45, 2.75) is 13.5 Å². The first-order valence-corrected chi connectivity index (χ1v) is 8.98. The van der Waals surface area contributed by atoms with Crippen molar-refractivity contribution in [1.29, 1.82) is 0 Å². The van der Waals surface area contributed by atoms with Crippen molar-refractivity contribution in [1.82, 2.24) is 5.32 Å². The van der Waals surface area contributed by atoms with Crippen LogP contribution in [0.5, 0.6) is 0 Å². The Bertz CT molecular complexity index is 837.